The lowest BCUT2D eigenvalue weighted by Gasteiger charge is -2.36. The largest absolute Gasteiger partial charge is 0.353 e. The standard InChI is InChI=1S/C20H23N5O/c1-2-25(18-8-4-3-5-9-18)19(26)16-23-11-13-24(14-12-23)20-17(15-21)7-6-10-22-20/h3-10H,2,11-14,16H2,1H3. The van der Waals surface area contributed by atoms with Gasteiger partial charge >= 0.3 is 0 Å². The normalized spacial score (nSPS) is 14.7. The van der Waals surface area contributed by atoms with Gasteiger partial charge in [-0.2, -0.15) is 5.26 Å². The molecule has 0 radical (unpaired) electrons. The molecule has 0 bridgehead atoms. The third-order valence-corrected chi connectivity index (χ3v) is 4.62. The highest BCUT2D eigenvalue weighted by Gasteiger charge is 2.23. The molecular formula is C20H23N5O. The molecule has 0 saturated carbocycles. The molecule has 1 saturated heterocycles. The SMILES string of the molecule is CCN(C(=O)CN1CCN(c2ncccc2C#N)CC1)c1ccccc1. The van der Waals surface area contributed by atoms with Crippen LogP contribution in [-0.4, -0.2) is 55.1 Å². The highest BCUT2D eigenvalue weighted by molar-refractivity contribution is 5.94. The molecule has 0 unspecified atom stereocenters. The summed E-state index contributed by atoms with van der Waals surface area (Å²) >= 11 is 0. The van der Waals surface area contributed by atoms with Crippen molar-refractivity contribution in [2.75, 3.05) is 49.1 Å². The van der Waals surface area contributed by atoms with Gasteiger partial charge in [-0.1, -0.05) is 18.2 Å². The van der Waals surface area contributed by atoms with Gasteiger partial charge in [-0.25, -0.2) is 4.98 Å². The molecule has 0 N–H and O–H groups in total. The van der Waals surface area contributed by atoms with Gasteiger partial charge in [0.25, 0.3) is 0 Å². The van der Waals surface area contributed by atoms with Crippen LogP contribution in [0, 0.1) is 11.3 Å². The Hall–Kier alpha value is -2.91. The number of aromatic nitrogens is 1. The maximum atomic E-state index is 12.7. The van der Waals surface area contributed by atoms with E-state index in [-0.39, 0.29) is 5.91 Å². The summed E-state index contributed by atoms with van der Waals surface area (Å²) in [4.78, 5) is 23.2. The Kier molecular flexibility index (Phi) is 5.82. The van der Waals surface area contributed by atoms with E-state index in [1.54, 1.807) is 18.3 Å². The van der Waals surface area contributed by atoms with Crippen LogP contribution in [0.5, 0.6) is 0 Å². The summed E-state index contributed by atoms with van der Waals surface area (Å²) in [5, 5.41) is 9.24. The second kappa shape index (κ2) is 8.45. The maximum Gasteiger partial charge on any atom is 0.241 e. The molecule has 2 aromatic rings. The summed E-state index contributed by atoms with van der Waals surface area (Å²) in [6, 6.07) is 15.5. The van der Waals surface area contributed by atoms with Crippen molar-refractivity contribution >= 4 is 17.4 Å². The highest BCUT2D eigenvalue weighted by Crippen LogP contribution is 2.18. The quantitative estimate of drug-likeness (QED) is 0.827. The molecule has 2 heterocycles. The average Bonchev–Trinajstić information content (AvgIpc) is 2.70. The summed E-state index contributed by atoms with van der Waals surface area (Å²) in [6.07, 6.45) is 1.71. The number of likely N-dealkylation sites (N-methyl/N-ethyl adjacent to an activating group) is 1. The zero-order valence-electron chi connectivity index (χ0n) is 15.0. The van der Waals surface area contributed by atoms with Gasteiger partial charge in [0.15, 0.2) is 0 Å². The maximum absolute atomic E-state index is 12.7. The number of carbonyl (C=O) groups excluding carboxylic acids is 1. The minimum absolute atomic E-state index is 0.114. The smallest absolute Gasteiger partial charge is 0.241 e. The van der Waals surface area contributed by atoms with E-state index in [0.29, 0.717) is 18.7 Å². The van der Waals surface area contributed by atoms with Gasteiger partial charge in [-0.15, -0.1) is 0 Å². The first-order valence-electron chi connectivity index (χ1n) is 8.90. The van der Waals surface area contributed by atoms with Crippen molar-refractivity contribution in [1.29, 1.82) is 5.26 Å². The average molecular weight is 349 g/mol. The fraction of sp³-hybridized carbons (Fsp3) is 0.350. The summed E-state index contributed by atoms with van der Waals surface area (Å²) < 4.78 is 0. The number of hydrogen-bond acceptors (Lipinski definition) is 5. The molecule has 3 rings (SSSR count). The van der Waals surface area contributed by atoms with Crippen molar-refractivity contribution in [3.05, 3.63) is 54.2 Å². The Bertz CT molecular complexity index is 778. The number of anilines is 2. The van der Waals surface area contributed by atoms with Crippen molar-refractivity contribution < 1.29 is 4.79 Å². The van der Waals surface area contributed by atoms with Gasteiger partial charge in [-0.3, -0.25) is 9.69 Å². The molecule has 1 aliphatic rings. The molecule has 0 aliphatic carbocycles. The number of hydrogen-bond donors (Lipinski definition) is 0. The Labute approximate surface area is 154 Å². The first-order chi connectivity index (χ1) is 12.7. The number of rotatable bonds is 5. The van der Waals surface area contributed by atoms with Crippen molar-refractivity contribution in [3.63, 3.8) is 0 Å². The predicted octanol–water partition coefficient (Wildman–Crippen LogP) is 2.13. The fourth-order valence-electron chi connectivity index (χ4n) is 3.24. The second-order valence-corrected chi connectivity index (χ2v) is 6.22. The molecule has 6 nitrogen and oxygen atoms in total. The number of pyridine rings is 1. The number of para-hydroxylation sites is 1. The monoisotopic (exact) mass is 349 g/mol. The van der Waals surface area contributed by atoms with Crippen LogP contribution in [0.25, 0.3) is 0 Å². The first kappa shape index (κ1) is 17.9. The van der Waals surface area contributed by atoms with E-state index in [9.17, 15) is 10.1 Å². The third-order valence-electron chi connectivity index (χ3n) is 4.62. The lowest BCUT2D eigenvalue weighted by atomic mass is 10.2. The third kappa shape index (κ3) is 4.01. The Balaban J connectivity index is 1.58. The van der Waals surface area contributed by atoms with E-state index in [1.807, 2.05) is 42.2 Å². The van der Waals surface area contributed by atoms with Crippen LogP contribution in [0.2, 0.25) is 0 Å². The molecular weight excluding hydrogens is 326 g/mol. The van der Waals surface area contributed by atoms with Gasteiger partial charge < -0.3 is 9.80 Å². The molecule has 26 heavy (non-hydrogen) atoms. The van der Waals surface area contributed by atoms with E-state index < -0.39 is 0 Å². The number of nitriles is 1. The second-order valence-electron chi connectivity index (χ2n) is 6.22. The number of benzene rings is 1. The minimum atomic E-state index is 0.114. The van der Waals surface area contributed by atoms with Crippen molar-refractivity contribution in [1.82, 2.24) is 9.88 Å². The van der Waals surface area contributed by atoms with Gasteiger partial charge in [-0.05, 0) is 31.2 Å². The lowest BCUT2D eigenvalue weighted by Crippen LogP contribution is -2.50. The zero-order chi connectivity index (χ0) is 18.4. The molecule has 0 spiro atoms. The summed E-state index contributed by atoms with van der Waals surface area (Å²) in [5.74, 6) is 0.850. The summed E-state index contributed by atoms with van der Waals surface area (Å²) in [6.45, 7) is 6.13. The molecule has 1 fully saturated rings. The fourth-order valence-corrected chi connectivity index (χ4v) is 3.24. The van der Waals surface area contributed by atoms with Gasteiger partial charge in [0.2, 0.25) is 5.91 Å². The van der Waals surface area contributed by atoms with E-state index in [2.05, 4.69) is 20.9 Å². The van der Waals surface area contributed by atoms with Crippen LogP contribution in [0.3, 0.4) is 0 Å². The molecule has 1 amide bonds. The molecule has 1 aromatic carbocycles. The topological polar surface area (TPSA) is 63.5 Å². The Morgan fingerprint density at radius 3 is 2.54 bits per heavy atom. The van der Waals surface area contributed by atoms with Gasteiger partial charge in [0.05, 0.1) is 12.1 Å². The van der Waals surface area contributed by atoms with Crippen LogP contribution in [0.15, 0.2) is 48.7 Å². The Morgan fingerprint density at radius 2 is 1.88 bits per heavy atom. The minimum Gasteiger partial charge on any atom is -0.353 e. The van der Waals surface area contributed by atoms with Crippen LogP contribution < -0.4 is 9.80 Å². The number of nitrogens with zero attached hydrogens (tertiary/aromatic N) is 5. The van der Waals surface area contributed by atoms with Crippen LogP contribution in [-0.2, 0) is 4.79 Å². The number of amides is 1. The highest BCUT2D eigenvalue weighted by atomic mass is 16.2. The van der Waals surface area contributed by atoms with Crippen LogP contribution >= 0.6 is 0 Å². The van der Waals surface area contributed by atoms with E-state index in [4.69, 9.17) is 0 Å². The van der Waals surface area contributed by atoms with Crippen molar-refractivity contribution in [3.8, 4) is 6.07 Å². The molecule has 134 valence electrons. The Morgan fingerprint density at radius 1 is 1.15 bits per heavy atom. The molecule has 1 aliphatic heterocycles. The van der Waals surface area contributed by atoms with E-state index in [0.717, 1.165) is 37.7 Å². The van der Waals surface area contributed by atoms with Crippen LogP contribution in [0.4, 0.5) is 11.5 Å². The van der Waals surface area contributed by atoms with Crippen molar-refractivity contribution in [2.45, 2.75) is 6.92 Å². The van der Waals surface area contributed by atoms with Crippen LogP contribution in [0.1, 0.15) is 12.5 Å². The van der Waals surface area contributed by atoms with Gasteiger partial charge in [0.1, 0.15) is 11.9 Å². The molecule has 6 heteroatoms. The first-order valence-corrected chi connectivity index (χ1v) is 8.90. The lowest BCUT2D eigenvalue weighted by molar-refractivity contribution is -0.119. The zero-order valence-corrected chi connectivity index (χ0v) is 15.0. The van der Waals surface area contributed by atoms with Crippen molar-refractivity contribution in [2.24, 2.45) is 0 Å². The number of carbonyl (C=O) groups is 1. The molecule has 1 aromatic heterocycles. The number of piperazine rings is 1. The predicted molar refractivity (Wildman–Crippen MR) is 102 cm³/mol. The summed E-state index contributed by atoms with van der Waals surface area (Å²) in [5.41, 5.74) is 1.53. The molecule has 0 atom stereocenters. The van der Waals surface area contributed by atoms with E-state index >= 15 is 0 Å². The summed E-state index contributed by atoms with van der Waals surface area (Å²) in [7, 11) is 0. The van der Waals surface area contributed by atoms with E-state index in [1.165, 1.54) is 0 Å². The van der Waals surface area contributed by atoms with Gasteiger partial charge in [0, 0.05) is 44.6 Å².